The summed E-state index contributed by atoms with van der Waals surface area (Å²) in [4.78, 5) is 26.9. The molecule has 0 atom stereocenters. The van der Waals surface area contributed by atoms with Gasteiger partial charge in [0.2, 0.25) is 5.91 Å². The van der Waals surface area contributed by atoms with Crippen molar-refractivity contribution in [2.24, 2.45) is 0 Å². The average Bonchev–Trinajstić information content (AvgIpc) is 3.48. The Labute approximate surface area is 251 Å². The van der Waals surface area contributed by atoms with Gasteiger partial charge in [-0.25, -0.2) is 0 Å². The fourth-order valence-corrected chi connectivity index (χ4v) is 6.10. The van der Waals surface area contributed by atoms with Crippen molar-refractivity contribution < 1.29 is 14.0 Å². The van der Waals surface area contributed by atoms with Crippen LogP contribution in [0.25, 0.3) is 32.9 Å². The Kier molecular flexibility index (Phi) is 8.21. The number of anilines is 1. The lowest BCUT2D eigenvalue weighted by molar-refractivity contribution is -0.114. The minimum Gasteiger partial charge on any atom is -0.450 e. The molecule has 5 aromatic rings. The second-order valence-electron chi connectivity index (χ2n) is 11.2. The molecule has 1 aromatic heterocycles. The molecule has 7 nitrogen and oxygen atoms in total. The van der Waals surface area contributed by atoms with Gasteiger partial charge in [0.05, 0.1) is 11.6 Å². The molecule has 1 fully saturated rings. The number of fused-ring (bicyclic) bond motifs is 3. The Balaban J connectivity index is 1.05. The number of piperidine rings is 1. The monoisotopic (exact) mass is 570 g/mol. The lowest BCUT2D eigenvalue weighted by Gasteiger charge is -2.32. The predicted molar refractivity (Wildman–Crippen MR) is 170 cm³/mol. The van der Waals surface area contributed by atoms with Gasteiger partial charge in [-0.15, -0.1) is 0 Å². The molecule has 0 saturated carbocycles. The highest BCUT2D eigenvalue weighted by atomic mass is 16.3. The normalized spacial score (nSPS) is 14.0. The van der Waals surface area contributed by atoms with Crippen molar-refractivity contribution in [3.8, 4) is 17.2 Å². The van der Waals surface area contributed by atoms with Crippen molar-refractivity contribution >= 4 is 39.2 Å². The number of hydrogen-bond acceptors (Lipinski definition) is 5. The van der Waals surface area contributed by atoms with E-state index in [9.17, 15) is 14.9 Å². The van der Waals surface area contributed by atoms with Crippen LogP contribution in [0.15, 0.2) is 89.3 Å². The molecule has 1 aliphatic rings. The zero-order chi connectivity index (χ0) is 29.8. The first-order chi connectivity index (χ1) is 21.0. The van der Waals surface area contributed by atoms with Crippen LogP contribution in [0, 0.1) is 11.3 Å². The van der Waals surface area contributed by atoms with Gasteiger partial charge >= 0.3 is 0 Å². The summed E-state index contributed by atoms with van der Waals surface area (Å²) in [5.74, 6) is 0.533. The fraction of sp³-hybridized carbons (Fsp3) is 0.250. The summed E-state index contributed by atoms with van der Waals surface area (Å²) in [7, 11) is 0. The van der Waals surface area contributed by atoms with Gasteiger partial charge in [-0.1, -0.05) is 48.5 Å². The number of carbonyl (C=O) groups excluding carboxylic acids is 2. The summed E-state index contributed by atoms with van der Waals surface area (Å²) in [6.07, 6.45) is 3.01. The largest absolute Gasteiger partial charge is 0.450 e. The van der Waals surface area contributed by atoms with Gasteiger partial charge in [0.25, 0.3) is 5.91 Å². The first-order valence-electron chi connectivity index (χ1n) is 14.8. The van der Waals surface area contributed by atoms with Crippen LogP contribution >= 0.6 is 0 Å². The van der Waals surface area contributed by atoms with E-state index in [2.05, 4.69) is 45.9 Å². The van der Waals surface area contributed by atoms with E-state index in [1.807, 2.05) is 60.7 Å². The zero-order valence-electron chi connectivity index (χ0n) is 24.2. The van der Waals surface area contributed by atoms with Crippen molar-refractivity contribution in [1.29, 1.82) is 5.26 Å². The molecular weight excluding hydrogens is 536 g/mol. The third kappa shape index (κ3) is 6.30. The third-order valence-electron chi connectivity index (χ3n) is 8.27. The number of carbonyl (C=O) groups is 2. The van der Waals surface area contributed by atoms with Gasteiger partial charge in [0, 0.05) is 29.9 Å². The molecule has 0 spiro atoms. The summed E-state index contributed by atoms with van der Waals surface area (Å²) >= 11 is 0. The topological polar surface area (TPSA) is 98.4 Å². The number of rotatable bonds is 8. The maximum Gasteiger partial charge on any atom is 0.287 e. The fourth-order valence-electron chi connectivity index (χ4n) is 6.10. The molecule has 0 unspecified atom stereocenters. The van der Waals surface area contributed by atoms with Crippen LogP contribution in [0.2, 0.25) is 0 Å². The number of amides is 2. The lowest BCUT2D eigenvalue weighted by Crippen LogP contribution is -2.35. The third-order valence-corrected chi connectivity index (χ3v) is 8.27. The first kappa shape index (κ1) is 28.2. The number of likely N-dealkylation sites (tertiary alicyclic amines) is 1. The Morgan fingerprint density at radius 3 is 2.47 bits per heavy atom. The van der Waals surface area contributed by atoms with Gasteiger partial charge in [0.15, 0.2) is 5.76 Å². The highest BCUT2D eigenvalue weighted by Gasteiger charge is 2.21. The summed E-state index contributed by atoms with van der Waals surface area (Å²) in [6.45, 7) is 5.06. The maximum atomic E-state index is 13.0. The molecule has 2 N–H and O–H groups in total. The summed E-state index contributed by atoms with van der Waals surface area (Å²) in [5.41, 5.74) is 5.49. The second kappa shape index (κ2) is 12.5. The van der Waals surface area contributed by atoms with Gasteiger partial charge in [-0.05, 0) is 103 Å². The molecule has 2 heterocycles. The number of furan rings is 1. The summed E-state index contributed by atoms with van der Waals surface area (Å²) < 4.78 is 6.11. The van der Waals surface area contributed by atoms with E-state index in [1.165, 1.54) is 12.5 Å². The maximum absolute atomic E-state index is 13.0. The molecule has 6 rings (SSSR count). The van der Waals surface area contributed by atoms with Crippen molar-refractivity contribution in [2.75, 3.05) is 31.5 Å². The smallest absolute Gasteiger partial charge is 0.287 e. The van der Waals surface area contributed by atoms with Crippen molar-refractivity contribution in [1.82, 2.24) is 10.2 Å². The standard InChI is InChI=1S/C36H34N4O3/c1-24(41)39-30-7-4-6-28(20-30)26-14-18-40(19-15-26)17-5-16-38-36(42)34-22-29-21-33(27-12-10-25(23-37)11-13-27)31-8-2-3-9-32(31)35(29)43-34/h2-4,6-13,20-22,26H,5,14-19H2,1H3,(H,38,42)(H,39,41). The summed E-state index contributed by atoms with van der Waals surface area (Å²) in [6, 6.07) is 29.8. The molecular formula is C36H34N4O3. The molecule has 4 aromatic carbocycles. The predicted octanol–water partition coefficient (Wildman–Crippen LogP) is 7.08. The van der Waals surface area contributed by atoms with Crippen LogP contribution in [-0.2, 0) is 4.79 Å². The van der Waals surface area contributed by atoms with Crippen LogP contribution in [0.5, 0.6) is 0 Å². The van der Waals surface area contributed by atoms with Crippen molar-refractivity contribution in [3.05, 3.63) is 102 Å². The molecule has 43 heavy (non-hydrogen) atoms. The van der Waals surface area contributed by atoms with E-state index in [0.29, 0.717) is 29.4 Å². The Morgan fingerprint density at radius 1 is 0.953 bits per heavy atom. The van der Waals surface area contributed by atoms with E-state index in [1.54, 1.807) is 0 Å². The van der Waals surface area contributed by atoms with Crippen molar-refractivity contribution in [2.45, 2.75) is 32.1 Å². The van der Waals surface area contributed by atoms with Gasteiger partial charge < -0.3 is 20.0 Å². The SMILES string of the molecule is CC(=O)Nc1cccc(C2CCN(CCCNC(=O)c3cc4cc(-c5ccc(C#N)cc5)c5ccccc5c4o3)CC2)c1. The lowest BCUT2D eigenvalue weighted by atomic mass is 9.89. The Hall–Kier alpha value is -4.93. The molecule has 2 amide bonds. The Bertz CT molecular complexity index is 1830. The molecule has 0 aliphatic carbocycles. The zero-order valence-corrected chi connectivity index (χ0v) is 24.2. The van der Waals surface area contributed by atoms with Crippen LogP contribution in [0.3, 0.4) is 0 Å². The first-order valence-corrected chi connectivity index (χ1v) is 14.8. The highest BCUT2D eigenvalue weighted by Crippen LogP contribution is 2.36. The van der Waals surface area contributed by atoms with Crippen LogP contribution < -0.4 is 10.6 Å². The molecule has 1 aliphatic heterocycles. The highest BCUT2D eigenvalue weighted by molar-refractivity contribution is 6.13. The van der Waals surface area contributed by atoms with Gasteiger partial charge in [-0.3, -0.25) is 9.59 Å². The molecule has 7 heteroatoms. The quantitative estimate of drug-likeness (QED) is 0.194. The number of nitriles is 1. The Morgan fingerprint density at radius 2 is 1.72 bits per heavy atom. The van der Waals surface area contributed by atoms with Gasteiger partial charge in [-0.2, -0.15) is 5.26 Å². The van der Waals surface area contributed by atoms with Crippen molar-refractivity contribution in [3.63, 3.8) is 0 Å². The molecule has 216 valence electrons. The van der Waals surface area contributed by atoms with E-state index < -0.39 is 0 Å². The van der Waals surface area contributed by atoms with E-state index in [-0.39, 0.29) is 11.8 Å². The van der Waals surface area contributed by atoms with Crippen LogP contribution in [0.4, 0.5) is 5.69 Å². The van der Waals surface area contributed by atoms with E-state index in [4.69, 9.17) is 4.42 Å². The van der Waals surface area contributed by atoms with Gasteiger partial charge in [0.1, 0.15) is 5.58 Å². The van der Waals surface area contributed by atoms with E-state index in [0.717, 1.165) is 71.9 Å². The molecule has 0 radical (unpaired) electrons. The number of benzene rings is 4. The second-order valence-corrected chi connectivity index (χ2v) is 11.2. The molecule has 0 bridgehead atoms. The number of hydrogen-bond donors (Lipinski definition) is 2. The number of nitrogens with zero attached hydrogens (tertiary/aromatic N) is 2. The summed E-state index contributed by atoms with van der Waals surface area (Å²) in [5, 5.41) is 17.9. The van der Waals surface area contributed by atoms with Crippen LogP contribution in [0.1, 0.15) is 53.8 Å². The molecule has 1 saturated heterocycles. The minimum absolute atomic E-state index is 0.0540. The van der Waals surface area contributed by atoms with Crippen LogP contribution in [-0.4, -0.2) is 42.9 Å². The number of nitrogens with one attached hydrogen (secondary N) is 2. The minimum atomic E-state index is -0.210. The average molecular weight is 571 g/mol. The van der Waals surface area contributed by atoms with E-state index >= 15 is 0 Å².